The second-order valence-corrected chi connectivity index (χ2v) is 9.56. The van der Waals surface area contributed by atoms with Crippen LogP contribution in [0.1, 0.15) is 57.2 Å². The Hall–Kier alpha value is -2.70. The fourth-order valence-electron chi connectivity index (χ4n) is 2.89. The number of carbonyl (C=O) groups excluding carboxylic acids is 1. The fraction of sp³-hybridized carbons (Fsp3) is 0.481. The van der Waals surface area contributed by atoms with Gasteiger partial charge in [0.25, 0.3) is 0 Å². The summed E-state index contributed by atoms with van der Waals surface area (Å²) in [5, 5.41) is 9.13. The van der Waals surface area contributed by atoms with Crippen LogP contribution in [0.25, 0.3) is 0 Å². The van der Waals surface area contributed by atoms with Crippen LogP contribution in [0.15, 0.2) is 54.6 Å². The number of benzene rings is 2. The Balaban J connectivity index is 1.65. The SMILES string of the molecule is CC(C)(CCOCc1ccc(COCCC(C)(C)C(=O)OCc2ccccc2)cc1)C(=O)O. The van der Waals surface area contributed by atoms with Gasteiger partial charge in [-0.05, 0) is 57.2 Å². The van der Waals surface area contributed by atoms with E-state index in [-0.39, 0.29) is 12.6 Å². The van der Waals surface area contributed by atoms with E-state index in [1.54, 1.807) is 13.8 Å². The minimum atomic E-state index is -0.817. The van der Waals surface area contributed by atoms with Crippen molar-refractivity contribution < 1.29 is 28.9 Å². The normalized spacial score (nSPS) is 11.9. The number of hydrogen-bond acceptors (Lipinski definition) is 5. The van der Waals surface area contributed by atoms with Crippen molar-refractivity contribution in [2.45, 2.75) is 60.4 Å². The van der Waals surface area contributed by atoms with Crippen molar-refractivity contribution in [3.63, 3.8) is 0 Å². The standard InChI is InChI=1S/C27H36O6/c1-26(2,24(28)29)14-16-31-18-22-10-12-23(13-11-22)19-32-17-15-27(3,4)25(30)33-20-21-8-6-5-7-9-21/h5-13H,14-20H2,1-4H3,(H,28,29). The lowest BCUT2D eigenvalue weighted by Crippen LogP contribution is -2.28. The molecule has 33 heavy (non-hydrogen) atoms. The summed E-state index contributed by atoms with van der Waals surface area (Å²) < 4.78 is 16.8. The highest BCUT2D eigenvalue weighted by Gasteiger charge is 2.29. The van der Waals surface area contributed by atoms with Crippen LogP contribution < -0.4 is 0 Å². The molecule has 2 aromatic carbocycles. The first-order valence-electron chi connectivity index (χ1n) is 11.3. The molecule has 0 heterocycles. The van der Waals surface area contributed by atoms with Gasteiger partial charge in [0, 0.05) is 13.2 Å². The van der Waals surface area contributed by atoms with Crippen LogP contribution in [0.2, 0.25) is 0 Å². The largest absolute Gasteiger partial charge is 0.481 e. The summed E-state index contributed by atoms with van der Waals surface area (Å²) in [6.07, 6.45) is 1.03. The lowest BCUT2D eigenvalue weighted by Gasteiger charge is -2.22. The lowest BCUT2D eigenvalue weighted by molar-refractivity contribution is -0.156. The van der Waals surface area contributed by atoms with Crippen LogP contribution in [0.3, 0.4) is 0 Å². The minimum Gasteiger partial charge on any atom is -0.481 e. The van der Waals surface area contributed by atoms with E-state index in [9.17, 15) is 9.59 Å². The fourth-order valence-corrected chi connectivity index (χ4v) is 2.89. The quantitative estimate of drug-likeness (QED) is 0.304. The number of carboxylic acids is 1. The van der Waals surface area contributed by atoms with Gasteiger partial charge in [-0.25, -0.2) is 0 Å². The van der Waals surface area contributed by atoms with E-state index in [0.29, 0.717) is 39.3 Å². The number of hydrogen-bond donors (Lipinski definition) is 1. The summed E-state index contributed by atoms with van der Waals surface area (Å²) >= 11 is 0. The molecule has 0 saturated carbocycles. The second-order valence-electron chi connectivity index (χ2n) is 9.56. The highest BCUT2D eigenvalue weighted by atomic mass is 16.5. The molecule has 0 saturated heterocycles. The molecule has 0 spiro atoms. The topological polar surface area (TPSA) is 82.1 Å². The molecule has 0 aromatic heterocycles. The minimum absolute atomic E-state index is 0.231. The van der Waals surface area contributed by atoms with Gasteiger partial charge < -0.3 is 19.3 Å². The number of esters is 1. The maximum absolute atomic E-state index is 12.4. The van der Waals surface area contributed by atoms with Gasteiger partial charge in [0.1, 0.15) is 6.61 Å². The lowest BCUT2D eigenvalue weighted by atomic mass is 9.90. The molecule has 2 aromatic rings. The zero-order valence-corrected chi connectivity index (χ0v) is 20.1. The Labute approximate surface area is 196 Å². The zero-order chi connectivity index (χ0) is 24.3. The Morgan fingerprint density at radius 2 is 1.15 bits per heavy atom. The molecule has 0 bridgehead atoms. The van der Waals surface area contributed by atoms with Crippen molar-refractivity contribution in [3.8, 4) is 0 Å². The molecule has 6 nitrogen and oxygen atoms in total. The van der Waals surface area contributed by atoms with Gasteiger partial charge in [-0.15, -0.1) is 0 Å². The Bertz CT molecular complexity index is 871. The zero-order valence-electron chi connectivity index (χ0n) is 20.1. The van der Waals surface area contributed by atoms with Crippen LogP contribution in [-0.4, -0.2) is 30.3 Å². The Morgan fingerprint density at radius 3 is 1.64 bits per heavy atom. The molecule has 180 valence electrons. The summed E-state index contributed by atoms with van der Waals surface area (Å²) in [6.45, 7) is 9.17. The maximum Gasteiger partial charge on any atom is 0.311 e. The average Bonchev–Trinajstić information content (AvgIpc) is 2.79. The third-order valence-corrected chi connectivity index (χ3v) is 5.65. The maximum atomic E-state index is 12.4. The van der Waals surface area contributed by atoms with Crippen molar-refractivity contribution in [2.75, 3.05) is 13.2 Å². The molecule has 6 heteroatoms. The Kier molecular flexibility index (Phi) is 10.1. The smallest absolute Gasteiger partial charge is 0.311 e. The van der Waals surface area contributed by atoms with Crippen molar-refractivity contribution in [2.24, 2.45) is 10.8 Å². The second kappa shape index (κ2) is 12.5. The molecule has 0 radical (unpaired) electrons. The van der Waals surface area contributed by atoms with Crippen LogP contribution >= 0.6 is 0 Å². The number of carbonyl (C=O) groups is 2. The highest BCUT2D eigenvalue weighted by molar-refractivity contribution is 5.75. The van der Waals surface area contributed by atoms with Gasteiger partial charge in [0.2, 0.25) is 0 Å². The van der Waals surface area contributed by atoms with E-state index in [1.165, 1.54) is 0 Å². The first kappa shape index (κ1) is 26.6. The van der Waals surface area contributed by atoms with Crippen molar-refractivity contribution in [1.29, 1.82) is 0 Å². The highest BCUT2D eigenvalue weighted by Crippen LogP contribution is 2.23. The molecular formula is C27H36O6. The van der Waals surface area contributed by atoms with Crippen LogP contribution in [0.5, 0.6) is 0 Å². The van der Waals surface area contributed by atoms with Crippen molar-refractivity contribution >= 4 is 11.9 Å². The van der Waals surface area contributed by atoms with E-state index in [4.69, 9.17) is 19.3 Å². The molecule has 0 aliphatic rings. The van der Waals surface area contributed by atoms with E-state index in [0.717, 1.165) is 16.7 Å². The van der Waals surface area contributed by atoms with E-state index in [2.05, 4.69) is 0 Å². The summed E-state index contributed by atoms with van der Waals surface area (Å²) in [6, 6.07) is 17.6. The van der Waals surface area contributed by atoms with Gasteiger partial charge in [0.15, 0.2) is 0 Å². The van der Waals surface area contributed by atoms with Crippen molar-refractivity contribution in [1.82, 2.24) is 0 Å². The van der Waals surface area contributed by atoms with Gasteiger partial charge in [0.05, 0.1) is 24.0 Å². The first-order valence-corrected chi connectivity index (χ1v) is 11.3. The molecule has 0 aliphatic heterocycles. The van der Waals surface area contributed by atoms with Gasteiger partial charge >= 0.3 is 11.9 Å². The van der Waals surface area contributed by atoms with E-state index < -0.39 is 16.8 Å². The number of rotatable bonds is 14. The summed E-state index contributed by atoms with van der Waals surface area (Å²) in [4.78, 5) is 23.5. The molecule has 0 amide bonds. The first-order chi connectivity index (χ1) is 15.6. The molecule has 2 rings (SSSR count). The van der Waals surface area contributed by atoms with Crippen LogP contribution in [0, 0.1) is 10.8 Å². The molecular weight excluding hydrogens is 420 g/mol. The average molecular weight is 457 g/mol. The molecule has 1 N–H and O–H groups in total. The summed E-state index contributed by atoms with van der Waals surface area (Å²) in [5.41, 5.74) is 1.62. The van der Waals surface area contributed by atoms with Crippen LogP contribution in [0.4, 0.5) is 0 Å². The van der Waals surface area contributed by atoms with E-state index >= 15 is 0 Å². The van der Waals surface area contributed by atoms with E-state index in [1.807, 2.05) is 68.4 Å². The molecule has 0 atom stereocenters. The van der Waals surface area contributed by atoms with Gasteiger partial charge in [-0.2, -0.15) is 0 Å². The molecule has 0 fully saturated rings. The third kappa shape index (κ3) is 9.36. The molecule has 0 unspecified atom stereocenters. The predicted molar refractivity (Wildman–Crippen MR) is 126 cm³/mol. The predicted octanol–water partition coefficient (Wildman–Crippen LogP) is 5.38. The number of ether oxygens (including phenoxy) is 3. The van der Waals surface area contributed by atoms with Gasteiger partial charge in [-0.3, -0.25) is 9.59 Å². The third-order valence-electron chi connectivity index (χ3n) is 5.65. The summed E-state index contributed by atoms with van der Waals surface area (Å²) in [7, 11) is 0. The van der Waals surface area contributed by atoms with Crippen LogP contribution in [-0.2, 0) is 43.6 Å². The van der Waals surface area contributed by atoms with Crippen molar-refractivity contribution in [3.05, 3.63) is 71.3 Å². The number of aliphatic carboxylic acids is 1. The monoisotopic (exact) mass is 456 g/mol. The number of carboxylic acid groups (broad SMARTS) is 1. The molecule has 0 aliphatic carbocycles. The van der Waals surface area contributed by atoms with Gasteiger partial charge in [-0.1, -0.05) is 54.6 Å². The summed E-state index contributed by atoms with van der Waals surface area (Å²) in [5.74, 6) is -1.05. The Morgan fingerprint density at radius 1 is 0.697 bits per heavy atom.